The summed E-state index contributed by atoms with van der Waals surface area (Å²) in [5.41, 5.74) is 1.19. The molecule has 22 heavy (non-hydrogen) atoms. The van der Waals surface area contributed by atoms with E-state index in [2.05, 4.69) is 41.7 Å². The fraction of sp³-hybridized carbons (Fsp3) is 0.750. The number of carbonyl (C=O) groups excluding carboxylic acids is 1. The van der Waals surface area contributed by atoms with Crippen molar-refractivity contribution in [1.82, 2.24) is 14.7 Å². The van der Waals surface area contributed by atoms with Crippen LogP contribution >= 0.6 is 0 Å². The Kier molecular flexibility index (Phi) is 5.24. The lowest BCUT2D eigenvalue weighted by Gasteiger charge is -2.33. The van der Waals surface area contributed by atoms with E-state index in [-0.39, 0.29) is 11.5 Å². The average molecular weight is 309 g/mol. The van der Waals surface area contributed by atoms with E-state index < -0.39 is 12.1 Å². The minimum Gasteiger partial charge on any atom is -0.467 e. The first-order chi connectivity index (χ1) is 10.3. The largest absolute Gasteiger partial charge is 0.467 e. The first kappa shape index (κ1) is 17.0. The van der Waals surface area contributed by atoms with Gasteiger partial charge in [0.05, 0.1) is 18.8 Å². The van der Waals surface area contributed by atoms with Crippen LogP contribution in [0.4, 0.5) is 0 Å². The summed E-state index contributed by atoms with van der Waals surface area (Å²) in [5.74, 6) is -0.522. The molecule has 1 aromatic heterocycles. The van der Waals surface area contributed by atoms with Gasteiger partial charge in [0.2, 0.25) is 0 Å². The summed E-state index contributed by atoms with van der Waals surface area (Å²) in [6.45, 7) is 8.99. The van der Waals surface area contributed by atoms with Crippen LogP contribution in [0.2, 0.25) is 0 Å². The predicted molar refractivity (Wildman–Crippen MR) is 83.2 cm³/mol. The van der Waals surface area contributed by atoms with Crippen LogP contribution in [0, 0.1) is 5.92 Å². The van der Waals surface area contributed by atoms with Gasteiger partial charge in [0.15, 0.2) is 6.10 Å². The molecule has 1 fully saturated rings. The van der Waals surface area contributed by atoms with Crippen LogP contribution in [-0.4, -0.2) is 52.1 Å². The highest BCUT2D eigenvalue weighted by atomic mass is 16.5. The number of aliphatic hydroxyl groups is 1. The molecule has 0 bridgehead atoms. The smallest absolute Gasteiger partial charge is 0.334 e. The van der Waals surface area contributed by atoms with E-state index in [0.717, 1.165) is 32.5 Å². The molecular weight excluding hydrogens is 282 g/mol. The Morgan fingerprint density at radius 2 is 2.09 bits per heavy atom. The van der Waals surface area contributed by atoms with Crippen molar-refractivity contribution >= 4 is 5.97 Å². The third kappa shape index (κ3) is 4.08. The molecule has 0 saturated carbocycles. The molecule has 0 amide bonds. The molecule has 2 rings (SSSR count). The number of likely N-dealkylation sites (tertiary alicyclic amines) is 1. The van der Waals surface area contributed by atoms with Gasteiger partial charge in [-0.25, -0.2) is 4.79 Å². The number of aromatic nitrogens is 2. The number of carbonyl (C=O) groups is 1. The van der Waals surface area contributed by atoms with Crippen molar-refractivity contribution in [3.05, 3.63) is 18.0 Å². The molecule has 2 heterocycles. The number of methoxy groups -OCH3 is 1. The van der Waals surface area contributed by atoms with Crippen molar-refractivity contribution in [3.63, 3.8) is 0 Å². The van der Waals surface area contributed by atoms with Gasteiger partial charge < -0.3 is 9.84 Å². The molecule has 1 unspecified atom stereocenters. The number of esters is 1. The number of rotatable bonds is 4. The summed E-state index contributed by atoms with van der Waals surface area (Å²) in [4.78, 5) is 13.7. The summed E-state index contributed by atoms with van der Waals surface area (Å²) >= 11 is 0. The Bertz CT molecular complexity index is 499. The first-order valence-corrected chi connectivity index (χ1v) is 7.83. The number of hydrogen-bond donors (Lipinski definition) is 1. The van der Waals surface area contributed by atoms with Gasteiger partial charge in [-0.1, -0.05) is 0 Å². The van der Waals surface area contributed by atoms with Crippen molar-refractivity contribution in [2.75, 3.05) is 20.2 Å². The molecule has 1 N–H and O–H groups in total. The maximum atomic E-state index is 11.4. The monoisotopic (exact) mass is 309 g/mol. The third-order valence-corrected chi connectivity index (χ3v) is 4.25. The van der Waals surface area contributed by atoms with E-state index in [1.54, 1.807) is 0 Å². The van der Waals surface area contributed by atoms with E-state index in [4.69, 9.17) is 0 Å². The molecule has 1 saturated heterocycles. The second-order valence-electron chi connectivity index (χ2n) is 7.05. The zero-order chi connectivity index (χ0) is 16.3. The van der Waals surface area contributed by atoms with Crippen LogP contribution in [0.25, 0.3) is 0 Å². The van der Waals surface area contributed by atoms with Crippen LogP contribution in [0.1, 0.15) is 39.2 Å². The Morgan fingerprint density at radius 1 is 1.45 bits per heavy atom. The minimum atomic E-state index is -0.990. The number of ether oxygens (including phenoxy) is 1. The van der Waals surface area contributed by atoms with Gasteiger partial charge in [0.1, 0.15) is 0 Å². The molecule has 0 spiro atoms. The SMILES string of the molecule is COC(=O)C(O)C1CCN(Cc2cnn(C(C)(C)C)c2)CC1. The van der Waals surface area contributed by atoms with Gasteiger partial charge in [0, 0.05) is 18.3 Å². The number of aliphatic hydroxyl groups excluding tert-OH is 1. The summed E-state index contributed by atoms with van der Waals surface area (Å²) in [6.07, 6.45) is 4.64. The topological polar surface area (TPSA) is 67.6 Å². The molecule has 124 valence electrons. The highest BCUT2D eigenvalue weighted by Crippen LogP contribution is 2.23. The molecule has 6 heteroatoms. The zero-order valence-corrected chi connectivity index (χ0v) is 14.0. The number of piperidine rings is 1. The first-order valence-electron chi connectivity index (χ1n) is 7.83. The molecule has 6 nitrogen and oxygen atoms in total. The van der Waals surface area contributed by atoms with E-state index in [1.165, 1.54) is 12.7 Å². The molecule has 1 atom stereocenters. The lowest BCUT2D eigenvalue weighted by Crippen LogP contribution is -2.40. The van der Waals surface area contributed by atoms with Crippen molar-refractivity contribution in [2.24, 2.45) is 5.92 Å². The fourth-order valence-corrected chi connectivity index (χ4v) is 2.81. The Balaban J connectivity index is 1.85. The second-order valence-corrected chi connectivity index (χ2v) is 7.05. The highest BCUT2D eigenvalue weighted by Gasteiger charge is 2.30. The highest BCUT2D eigenvalue weighted by molar-refractivity contribution is 5.74. The zero-order valence-electron chi connectivity index (χ0n) is 14.0. The van der Waals surface area contributed by atoms with Gasteiger partial charge in [-0.05, 0) is 52.6 Å². The van der Waals surface area contributed by atoms with Gasteiger partial charge in [-0.2, -0.15) is 5.10 Å². The molecule has 0 radical (unpaired) electrons. The Morgan fingerprint density at radius 3 is 2.59 bits per heavy atom. The number of hydrogen-bond acceptors (Lipinski definition) is 5. The van der Waals surface area contributed by atoms with Crippen LogP contribution in [0.15, 0.2) is 12.4 Å². The summed E-state index contributed by atoms with van der Waals surface area (Å²) in [7, 11) is 1.31. The van der Waals surface area contributed by atoms with E-state index in [9.17, 15) is 9.90 Å². The van der Waals surface area contributed by atoms with Crippen molar-refractivity contribution in [1.29, 1.82) is 0 Å². The van der Waals surface area contributed by atoms with Crippen LogP contribution < -0.4 is 0 Å². The molecule has 1 aromatic rings. The van der Waals surface area contributed by atoms with Crippen molar-refractivity contribution < 1.29 is 14.6 Å². The van der Waals surface area contributed by atoms with Gasteiger partial charge in [-0.3, -0.25) is 9.58 Å². The Hall–Kier alpha value is -1.40. The summed E-state index contributed by atoms with van der Waals surface area (Å²) in [6, 6.07) is 0. The van der Waals surface area contributed by atoms with Crippen LogP contribution in [0.3, 0.4) is 0 Å². The normalized spacial score (nSPS) is 19.1. The van der Waals surface area contributed by atoms with E-state index in [0.29, 0.717) is 0 Å². The van der Waals surface area contributed by atoms with Gasteiger partial charge in [0.25, 0.3) is 0 Å². The lowest BCUT2D eigenvalue weighted by atomic mass is 9.91. The fourth-order valence-electron chi connectivity index (χ4n) is 2.81. The number of nitrogens with zero attached hydrogens (tertiary/aromatic N) is 3. The molecule has 1 aliphatic heterocycles. The van der Waals surface area contributed by atoms with Crippen LogP contribution in [-0.2, 0) is 21.6 Å². The van der Waals surface area contributed by atoms with Crippen LogP contribution in [0.5, 0.6) is 0 Å². The molecule has 0 aromatic carbocycles. The maximum Gasteiger partial charge on any atom is 0.334 e. The predicted octanol–water partition coefficient (Wildman–Crippen LogP) is 1.38. The molecular formula is C16H27N3O3. The van der Waals surface area contributed by atoms with E-state index in [1.807, 2.05) is 10.9 Å². The summed E-state index contributed by atoms with van der Waals surface area (Å²) < 4.78 is 6.59. The maximum absolute atomic E-state index is 11.4. The Labute approximate surface area is 132 Å². The van der Waals surface area contributed by atoms with Crippen molar-refractivity contribution in [3.8, 4) is 0 Å². The average Bonchev–Trinajstić information content (AvgIpc) is 2.95. The molecule has 1 aliphatic rings. The van der Waals surface area contributed by atoms with Gasteiger partial charge >= 0.3 is 5.97 Å². The third-order valence-electron chi connectivity index (χ3n) is 4.25. The lowest BCUT2D eigenvalue weighted by molar-refractivity contribution is -0.154. The standard InChI is InChI=1S/C16H27N3O3/c1-16(2,3)19-11-12(9-17-19)10-18-7-5-13(6-8-18)14(20)15(21)22-4/h9,11,13-14,20H,5-8,10H2,1-4H3. The quantitative estimate of drug-likeness (QED) is 0.851. The molecule has 0 aliphatic carbocycles. The minimum absolute atomic E-state index is 0.000924. The second kappa shape index (κ2) is 6.79. The van der Waals surface area contributed by atoms with Crippen molar-refractivity contribution in [2.45, 2.75) is 51.8 Å². The van der Waals surface area contributed by atoms with Gasteiger partial charge in [-0.15, -0.1) is 0 Å². The van der Waals surface area contributed by atoms with E-state index >= 15 is 0 Å². The summed E-state index contributed by atoms with van der Waals surface area (Å²) in [5, 5.41) is 14.3.